The quantitative estimate of drug-likeness (QED) is 0.620. The van der Waals surface area contributed by atoms with Gasteiger partial charge in [0.15, 0.2) is 5.82 Å². The maximum absolute atomic E-state index is 12.3. The van der Waals surface area contributed by atoms with Crippen molar-refractivity contribution in [1.29, 1.82) is 0 Å². The van der Waals surface area contributed by atoms with Gasteiger partial charge in [0, 0.05) is 31.8 Å². The molecule has 0 aliphatic rings. The number of hydrogen-bond acceptors (Lipinski definition) is 5. The summed E-state index contributed by atoms with van der Waals surface area (Å²) in [6.07, 6.45) is 3.53. The van der Waals surface area contributed by atoms with Crippen LogP contribution in [0.4, 0.5) is 0 Å². The summed E-state index contributed by atoms with van der Waals surface area (Å²) in [6, 6.07) is 10.8. The molecule has 27 heavy (non-hydrogen) atoms. The van der Waals surface area contributed by atoms with Crippen LogP contribution in [0.3, 0.4) is 0 Å². The number of aromatic nitrogens is 2. The van der Waals surface area contributed by atoms with Crippen LogP contribution in [0, 0.1) is 0 Å². The van der Waals surface area contributed by atoms with Gasteiger partial charge in [-0.3, -0.25) is 9.69 Å². The van der Waals surface area contributed by atoms with E-state index in [9.17, 15) is 4.79 Å². The van der Waals surface area contributed by atoms with Gasteiger partial charge in [-0.05, 0) is 31.5 Å². The zero-order chi connectivity index (χ0) is 19.5. The number of nitrogens with one attached hydrogen (secondary N) is 1. The first-order valence-electron chi connectivity index (χ1n) is 10.0. The van der Waals surface area contributed by atoms with E-state index in [4.69, 9.17) is 4.52 Å². The summed E-state index contributed by atoms with van der Waals surface area (Å²) in [5.41, 5.74) is 1.30. The van der Waals surface area contributed by atoms with Crippen LogP contribution in [-0.4, -0.2) is 46.6 Å². The summed E-state index contributed by atoms with van der Waals surface area (Å²) in [7, 11) is 0. The molecule has 0 fully saturated rings. The van der Waals surface area contributed by atoms with Gasteiger partial charge in [0.25, 0.3) is 0 Å². The predicted octanol–water partition coefficient (Wildman–Crippen LogP) is 3.02. The van der Waals surface area contributed by atoms with Crippen molar-refractivity contribution in [3.05, 3.63) is 47.6 Å². The molecule has 2 rings (SSSR count). The Labute approximate surface area is 162 Å². The van der Waals surface area contributed by atoms with E-state index < -0.39 is 0 Å². The molecule has 1 amide bonds. The van der Waals surface area contributed by atoms with Gasteiger partial charge in [-0.15, -0.1) is 0 Å². The number of carbonyl (C=O) groups excluding carboxylic acids is 1. The van der Waals surface area contributed by atoms with Gasteiger partial charge in [0.2, 0.25) is 11.8 Å². The van der Waals surface area contributed by atoms with Crippen molar-refractivity contribution >= 4 is 5.91 Å². The fourth-order valence-corrected chi connectivity index (χ4v) is 3.21. The highest BCUT2D eigenvalue weighted by Crippen LogP contribution is 2.09. The van der Waals surface area contributed by atoms with Crippen molar-refractivity contribution < 1.29 is 9.32 Å². The third-order valence-corrected chi connectivity index (χ3v) is 4.80. The molecule has 0 saturated carbocycles. The Morgan fingerprint density at radius 2 is 1.93 bits per heavy atom. The molecule has 148 valence electrons. The molecule has 1 aromatic heterocycles. The molecule has 1 unspecified atom stereocenters. The molecule has 1 N–H and O–H groups in total. The Balaban J connectivity index is 1.79. The van der Waals surface area contributed by atoms with E-state index in [2.05, 4.69) is 58.5 Å². The van der Waals surface area contributed by atoms with Gasteiger partial charge in [-0.2, -0.15) is 4.98 Å². The zero-order valence-corrected chi connectivity index (χ0v) is 16.8. The molecule has 0 aliphatic carbocycles. The number of nitrogens with zero attached hydrogens (tertiary/aromatic N) is 3. The lowest BCUT2D eigenvalue weighted by Crippen LogP contribution is -2.45. The maximum Gasteiger partial charge on any atom is 0.226 e. The van der Waals surface area contributed by atoms with Crippen LogP contribution in [0.15, 0.2) is 34.9 Å². The number of aryl methyl sites for hydroxylation is 2. The molecular weight excluding hydrogens is 340 g/mol. The highest BCUT2D eigenvalue weighted by atomic mass is 16.5. The third-order valence-electron chi connectivity index (χ3n) is 4.80. The van der Waals surface area contributed by atoms with E-state index in [-0.39, 0.29) is 5.91 Å². The Kier molecular flexibility index (Phi) is 8.98. The molecular formula is C21H32N4O2. The van der Waals surface area contributed by atoms with Gasteiger partial charge in [0.1, 0.15) is 0 Å². The van der Waals surface area contributed by atoms with Crippen molar-refractivity contribution in [1.82, 2.24) is 20.4 Å². The van der Waals surface area contributed by atoms with Crippen LogP contribution in [-0.2, 0) is 24.1 Å². The lowest BCUT2D eigenvalue weighted by molar-refractivity contribution is -0.121. The van der Waals surface area contributed by atoms with Gasteiger partial charge in [-0.25, -0.2) is 0 Å². The summed E-state index contributed by atoms with van der Waals surface area (Å²) in [4.78, 5) is 18.9. The second-order valence-electron chi connectivity index (χ2n) is 6.68. The van der Waals surface area contributed by atoms with Crippen molar-refractivity contribution in [2.45, 2.75) is 58.9 Å². The van der Waals surface area contributed by atoms with E-state index in [1.165, 1.54) is 5.56 Å². The summed E-state index contributed by atoms with van der Waals surface area (Å²) in [6.45, 7) is 8.93. The lowest BCUT2D eigenvalue weighted by Gasteiger charge is -2.30. The van der Waals surface area contributed by atoms with Crippen LogP contribution < -0.4 is 5.32 Å². The molecule has 6 nitrogen and oxygen atoms in total. The minimum atomic E-state index is 0.0791. The monoisotopic (exact) mass is 372 g/mol. The average Bonchev–Trinajstić information content (AvgIpc) is 3.15. The molecule has 1 aromatic carbocycles. The van der Waals surface area contributed by atoms with Crippen molar-refractivity contribution in [2.24, 2.45) is 0 Å². The fraction of sp³-hybridized carbons (Fsp3) is 0.571. The highest BCUT2D eigenvalue weighted by molar-refractivity contribution is 5.75. The highest BCUT2D eigenvalue weighted by Gasteiger charge is 2.17. The number of amides is 1. The minimum Gasteiger partial charge on any atom is -0.355 e. The van der Waals surface area contributed by atoms with E-state index in [0.717, 1.165) is 31.8 Å². The van der Waals surface area contributed by atoms with Gasteiger partial charge in [0.05, 0.1) is 0 Å². The van der Waals surface area contributed by atoms with Crippen LogP contribution >= 0.6 is 0 Å². The molecule has 0 bridgehead atoms. The second kappa shape index (κ2) is 11.5. The number of rotatable bonds is 12. The summed E-state index contributed by atoms with van der Waals surface area (Å²) >= 11 is 0. The summed E-state index contributed by atoms with van der Waals surface area (Å²) in [5, 5.41) is 6.99. The fourth-order valence-electron chi connectivity index (χ4n) is 3.21. The molecule has 2 aromatic rings. The molecule has 0 radical (unpaired) electrons. The Bertz CT molecular complexity index is 668. The standard InChI is InChI=1S/C21H32N4O2/c1-4-19-23-21(27-24-19)14-10-13-20(26)22-16-18(25(5-2)6-3)15-17-11-8-7-9-12-17/h7-9,11-12,18H,4-6,10,13-16H2,1-3H3,(H,22,26). The van der Waals surface area contributed by atoms with Gasteiger partial charge >= 0.3 is 0 Å². The Hall–Kier alpha value is -2.21. The first-order chi connectivity index (χ1) is 13.2. The number of benzene rings is 1. The minimum absolute atomic E-state index is 0.0791. The van der Waals surface area contributed by atoms with E-state index in [1.54, 1.807) is 0 Å². The van der Waals surface area contributed by atoms with E-state index in [0.29, 0.717) is 37.7 Å². The maximum atomic E-state index is 12.3. The third kappa shape index (κ3) is 7.13. The number of hydrogen-bond donors (Lipinski definition) is 1. The number of carbonyl (C=O) groups is 1. The number of likely N-dealkylation sites (N-methyl/N-ethyl adjacent to an activating group) is 1. The Morgan fingerprint density at radius 3 is 2.56 bits per heavy atom. The normalized spacial score (nSPS) is 12.3. The van der Waals surface area contributed by atoms with Crippen LogP contribution in [0.2, 0.25) is 0 Å². The van der Waals surface area contributed by atoms with E-state index in [1.807, 2.05) is 13.0 Å². The SMILES string of the molecule is CCc1noc(CCCC(=O)NCC(Cc2ccccc2)N(CC)CC)n1. The summed E-state index contributed by atoms with van der Waals surface area (Å²) < 4.78 is 5.16. The van der Waals surface area contributed by atoms with Crippen molar-refractivity contribution in [3.63, 3.8) is 0 Å². The zero-order valence-electron chi connectivity index (χ0n) is 16.8. The van der Waals surface area contributed by atoms with E-state index >= 15 is 0 Å². The van der Waals surface area contributed by atoms with Crippen LogP contribution in [0.1, 0.15) is 50.9 Å². The summed E-state index contributed by atoms with van der Waals surface area (Å²) in [5.74, 6) is 1.41. The first kappa shape index (κ1) is 21.1. The molecule has 1 atom stereocenters. The molecule has 0 aliphatic heterocycles. The largest absolute Gasteiger partial charge is 0.355 e. The topological polar surface area (TPSA) is 71.3 Å². The molecule has 1 heterocycles. The molecule has 6 heteroatoms. The first-order valence-corrected chi connectivity index (χ1v) is 10.0. The second-order valence-corrected chi connectivity index (χ2v) is 6.68. The smallest absolute Gasteiger partial charge is 0.226 e. The van der Waals surface area contributed by atoms with Crippen LogP contribution in [0.25, 0.3) is 0 Å². The van der Waals surface area contributed by atoms with Gasteiger partial charge in [-0.1, -0.05) is 56.3 Å². The average molecular weight is 373 g/mol. The predicted molar refractivity (Wildman–Crippen MR) is 106 cm³/mol. The van der Waals surface area contributed by atoms with Crippen molar-refractivity contribution in [2.75, 3.05) is 19.6 Å². The molecule has 0 spiro atoms. The molecule has 0 saturated heterocycles. The Morgan fingerprint density at radius 1 is 1.19 bits per heavy atom. The van der Waals surface area contributed by atoms with Crippen LogP contribution in [0.5, 0.6) is 0 Å². The van der Waals surface area contributed by atoms with Gasteiger partial charge < -0.3 is 9.84 Å². The van der Waals surface area contributed by atoms with Crippen molar-refractivity contribution in [3.8, 4) is 0 Å². The lowest BCUT2D eigenvalue weighted by atomic mass is 10.0.